The molecule has 1 fully saturated rings. The normalized spacial score (nSPS) is 20.3. The Morgan fingerprint density at radius 3 is 2.68 bits per heavy atom. The zero-order valence-corrected chi connectivity index (χ0v) is 12.6. The highest BCUT2D eigenvalue weighted by Gasteiger charge is 2.22. The molecule has 1 atom stereocenters. The van der Waals surface area contributed by atoms with Gasteiger partial charge in [0.2, 0.25) is 0 Å². The van der Waals surface area contributed by atoms with Crippen LogP contribution >= 0.6 is 0 Å². The largest absolute Gasteiger partial charge is 0.377 e. The monoisotopic (exact) mass is 261 g/mol. The fourth-order valence-electron chi connectivity index (χ4n) is 2.50. The molecule has 0 N–H and O–H groups in total. The van der Waals surface area contributed by atoms with E-state index in [-0.39, 0.29) is 0 Å². The van der Waals surface area contributed by atoms with Gasteiger partial charge in [0, 0.05) is 26.2 Å². The maximum Gasteiger partial charge on any atom is 0.0714 e. The van der Waals surface area contributed by atoms with Gasteiger partial charge in [0.05, 0.1) is 6.10 Å². The quantitative estimate of drug-likeness (QED) is 0.775. The molecule has 0 radical (unpaired) electrons. The maximum absolute atomic E-state index is 5.96. The highest BCUT2D eigenvalue weighted by molar-refractivity contribution is 5.21. The Hall–Kier alpha value is -0.860. The topological polar surface area (TPSA) is 12.5 Å². The van der Waals surface area contributed by atoms with Crippen LogP contribution in [-0.4, -0.2) is 30.7 Å². The average molecular weight is 261 g/mol. The number of hydrogen-bond donors (Lipinski definition) is 0. The lowest BCUT2D eigenvalue weighted by Crippen LogP contribution is -2.23. The number of benzene rings is 1. The van der Waals surface area contributed by atoms with Crippen LogP contribution in [0.3, 0.4) is 0 Å². The van der Waals surface area contributed by atoms with Crippen LogP contribution in [0.15, 0.2) is 24.3 Å². The van der Waals surface area contributed by atoms with Crippen molar-refractivity contribution in [1.29, 1.82) is 0 Å². The Kier molecular flexibility index (Phi) is 5.41. The molecule has 0 bridgehead atoms. The highest BCUT2D eigenvalue weighted by Crippen LogP contribution is 2.17. The predicted molar refractivity (Wildman–Crippen MR) is 80.3 cm³/mol. The van der Waals surface area contributed by atoms with Gasteiger partial charge in [-0.3, -0.25) is 4.90 Å². The van der Waals surface area contributed by atoms with Crippen LogP contribution in [0.5, 0.6) is 0 Å². The van der Waals surface area contributed by atoms with Gasteiger partial charge < -0.3 is 4.74 Å². The van der Waals surface area contributed by atoms with Crippen LogP contribution < -0.4 is 0 Å². The Balaban J connectivity index is 1.71. The average Bonchev–Trinajstić information content (AvgIpc) is 2.79. The molecule has 106 valence electrons. The number of likely N-dealkylation sites (tertiary alicyclic amines) is 1. The third-order valence-electron chi connectivity index (χ3n) is 3.80. The van der Waals surface area contributed by atoms with Gasteiger partial charge in [-0.05, 0) is 31.2 Å². The first-order chi connectivity index (χ1) is 9.13. The van der Waals surface area contributed by atoms with Crippen LogP contribution in [-0.2, 0) is 11.3 Å². The molecule has 1 aromatic carbocycles. The van der Waals surface area contributed by atoms with E-state index in [0.29, 0.717) is 6.10 Å². The molecule has 1 aliphatic heterocycles. The standard InChI is InChI=1S/C17H27NO/c1-14(2)9-11-19-17-8-10-18(13-17)12-16-6-4-15(3)5-7-16/h4-7,14,17H,8-13H2,1-3H3. The lowest BCUT2D eigenvalue weighted by atomic mass is 10.1. The summed E-state index contributed by atoms with van der Waals surface area (Å²) in [6, 6.07) is 8.87. The first kappa shape index (κ1) is 14.5. The summed E-state index contributed by atoms with van der Waals surface area (Å²) in [6.07, 6.45) is 2.81. The molecule has 0 amide bonds. The Labute approximate surface area is 117 Å². The molecule has 1 aliphatic rings. The van der Waals surface area contributed by atoms with Gasteiger partial charge in [-0.2, -0.15) is 0 Å². The van der Waals surface area contributed by atoms with Gasteiger partial charge in [-0.15, -0.1) is 0 Å². The number of aryl methyl sites for hydroxylation is 1. The van der Waals surface area contributed by atoms with Crippen LogP contribution in [0.4, 0.5) is 0 Å². The molecule has 19 heavy (non-hydrogen) atoms. The minimum absolute atomic E-state index is 0.448. The van der Waals surface area contributed by atoms with E-state index in [1.807, 2.05) is 0 Å². The molecule has 0 aliphatic carbocycles. The summed E-state index contributed by atoms with van der Waals surface area (Å²) in [5.41, 5.74) is 2.74. The van der Waals surface area contributed by atoms with Crippen molar-refractivity contribution in [3.63, 3.8) is 0 Å². The second-order valence-electron chi connectivity index (χ2n) is 6.18. The van der Waals surface area contributed by atoms with Gasteiger partial charge >= 0.3 is 0 Å². The van der Waals surface area contributed by atoms with Crippen molar-refractivity contribution in [3.05, 3.63) is 35.4 Å². The molecule has 1 unspecified atom stereocenters. The molecule has 0 aromatic heterocycles. The van der Waals surface area contributed by atoms with Crippen LogP contribution in [0, 0.1) is 12.8 Å². The number of hydrogen-bond acceptors (Lipinski definition) is 2. The molecule has 2 rings (SSSR count). The SMILES string of the molecule is Cc1ccc(CN2CCC(OCCC(C)C)C2)cc1. The van der Waals surface area contributed by atoms with E-state index < -0.39 is 0 Å². The zero-order valence-electron chi connectivity index (χ0n) is 12.6. The van der Waals surface area contributed by atoms with Gasteiger partial charge in [0.25, 0.3) is 0 Å². The highest BCUT2D eigenvalue weighted by atomic mass is 16.5. The second kappa shape index (κ2) is 7.06. The van der Waals surface area contributed by atoms with Crippen molar-refractivity contribution >= 4 is 0 Å². The van der Waals surface area contributed by atoms with E-state index in [0.717, 1.165) is 25.6 Å². The van der Waals surface area contributed by atoms with Gasteiger partial charge in [0.1, 0.15) is 0 Å². The lowest BCUT2D eigenvalue weighted by Gasteiger charge is -2.17. The van der Waals surface area contributed by atoms with E-state index in [9.17, 15) is 0 Å². The van der Waals surface area contributed by atoms with Crippen molar-refractivity contribution < 1.29 is 4.74 Å². The van der Waals surface area contributed by atoms with Crippen molar-refractivity contribution in [2.75, 3.05) is 19.7 Å². The van der Waals surface area contributed by atoms with Gasteiger partial charge in [-0.1, -0.05) is 43.7 Å². The lowest BCUT2D eigenvalue weighted by molar-refractivity contribution is 0.0518. The first-order valence-electron chi connectivity index (χ1n) is 7.53. The summed E-state index contributed by atoms with van der Waals surface area (Å²) in [6.45, 7) is 10.9. The summed E-state index contributed by atoms with van der Waals surface area (Å²) < 4.78 is 5.96. The predicted octanol–water partition coefficient (Wildman–Crippen LogP) is 3.63. The third kappa shape index (κ3) is 4.96. The Morgan fingerprint density at radius 2 is 2.00 bits per heavy atom. The molecule has 1 aromatic rings. The van der Waals surface area contributed by atoms with E-state index in [2.05, 4.69) is 49.9 Å². The Morgan fingerprint density at radius 1 is 1.26 bits per heavy atom. The fraction of sp³-hybridized carbons (Fsp3) is 0.647. The van der Waals surface area contributed by atoms with Gasteiger partial charge in [-0.25, -0.2) is 0 Å². The molecule has 2 heteroatoms. The van der Waals surface area contributed by atoms with Crippen molar-refractivity contribution in [3.8, 4) is 0 Å². The molecular formula is C17H27NO. The maximum atomic E-state index is 5.96. The van der Waals surface area contributed by atoms with E-state index in [4.69, 9.17) is 4.74 Å². The molecule has 2 nitrogen and oxygen atoms in total. The molecule has 0 saturated carbocycles. The number of ether oxygens (including phenoxy) is 1. The minimum Gasteiger partial charge on any atom is -0.377 e. The van der Waals surface area contributed by atoms with Crippen LogP contribution in [0.2, 0.25) is 0 Å². The van der Waals surface area contributed by atoms with Crippen molar-refractivity contribution in [2.45, 2.75) is 46.3 Å². The number of rotatable bonds is 6. The first-order valence-corrected chi connectivity index (χ1v) is 7.53. The fourth-order valence-corrected chi connectivity index (χ4v) is 2.50. The van der Waals surface area contributed by atoms with Crippen molar-refractivity contribution in [2.24, 2.45) is 5.92 Å². The summed E-state index contributed by atoms with van der Waals surface area (Å²) in [5, 5.41) is 0. The number of nitrogens with zero attached hydrogens (tertiary/aromatic N) is 1. The summed E-state index contributed by atoms with van der Waals surface area (Å²) in [4.78, 5) is 2.50. The third-order valence-corrected chi connectivity index (χ3v) is 3.80. The van der Waals surface area contributed by atoms with Crippen LogP contribution in [0.1, 0.15) is 37.8 Å². The summed E-state index contributed by atoms with van der Waals surface area (Å²) in [5.74, 6) is 0.741. The summed E-state index contributed by atoms with van der Waals surface area (Å²) in [7, 11) is 0. The van der Waals surface area contributed by atoms with E-state index in [1.54, 1.807) is 0 Å². The Bertz CT molecular complexity index is 371. The minimum atomic E-state index is 0.448. The smallest absolute Gasteiger partial charge is 0.0714 e. The second-order valence-corrected chi connectivity index (χ2v) is 6.18. The summed E-state index contributed by atoms with van der Waals surface area (Å²) >= 11 is 0. The van der Waals surface area contributed by atoms with E-state index in [1.165, 1.54) is 30.5 Å². The van der Waals surface area contributed by atoms with Gasteiger partial charge in [0.15, 0.2) is 0 Å². The zero-order chi connectivity index (χ0) is 13.7. The molecular weight excluding hydrogens is 234 g/mol. The van der Waals surface area contributed by atoms with Crippen molar-refractivity contribution in [1.82, 2.24) is 4.90 Å². The van der Waals surface area contributed by atoms with Crippen LogP contribution in [0.25, 0.3) is 0 Å². The molecule has 1 heterocycles. The molecule has 0 spiro atoms. The van der Waals surface area contributed by atoms with E-state index >= 15 is 0 Å². The molecule has 1 saturated heterocycles.